The van der Waals surface area contributed by atoms with E-state index in [1.807, 2.05) is 24.3 Å². The van der Waals surface area contributed by atoms with Crippen LogP contribution in [-0.4, -0.2) is 40.0 Å². The molecule has 0 atom stereocenters. The zero-order chi connectivity index (χ0) is 22.6. The number of para-hydroxylation sites is 1. The van der Waals surface area contributed by atoms with Gasteiger partial charge < -0.3 is 9.64 Å². The highest BCUT2D eigenvalue weighted by Gasteiger charge is 2.32. The quantitative estimate of drug-likeness (QED) is 0.462. The molecule has 3 aromatic rings. The van der Waals surface area contributed by atoms with E-state index in [4.69, 9.17) is 4.74 Å². The minimum Gasteiger partial charge on any atom is -0.497 e. The van der Waals surface area contributed by atoms with Gasteiger partial charge in [-0.15, -0.1) is 4.40 Å². The predicted octanol–water partition coefficient (Wildman–Crippen LogP) is 2.80. The third-order valence-electron chi connectivity index (χ3n) is 4.73. The summed E-state index contributed by atoms with van der Waals surface area (Å²) in [6.07, 6.45) is 1.50. The standard InChI is InChI=1S/C23H20N4O4S/c1-31-19-11-7-8-17(14-19)15-24-25-22(28)16-27(18-9-3-2-4-10-18)23-20-12-5-6-13-21(20)32(29,30)26-23/h2-15H,16H2,1H3,(H,25,28)/b24-15-. The van der Waals surface area contributed by atoms with Crippen LogP contribution in [-0.2, 0) is 14.8 Å². The Kier molecular flexibility index (Phi) is 6.00. The lowest BCUT2D eigenvalue weighted by molar-refractivity contribution is -0.119. The van der Waals surface area contributed by atoms with Crippen molar-refractivity contribution in [2.75, 3.05) is 18.6 Å². The molecule has 9 heteroatoms. The second-order valence-electron chi connectivity index (χ2n) is 6.88. The van der Waals surface area contributed by atoms with Gasteiger partial charge >= 0.3 is 0 Å². The van der Waals surface area contributed by atoms with E-state index in [2.05, 4.69) is 14.9 Å². The summed E-state index contributed by atoms with van der Waals surface area (Å²) in [4.78, 5) is 14.3. The number of amidine groups is 1. The van der Waals surface area contributed by atoms with Crippen LogP contribution in [0.3, 0.4) is 0 Å². The Hall–Kier alpha value is -3.98. The lowest BCUT2D eigenvalue weighted by Gasteiger charge is -2.23. The van der Waals surface area contributed by atoms with Crippen LogP contribution in [0.4, 0.5) is 5.69 Å². The van der Waals surface area contributed by atoms with E-state index in [1.165, 1.54) is 12.3 Å². The van der Waals surface area contributed by atoms with Gasteiger partial charge in [0.15, 0.2) is 5.84 Å². The molecule has 1 aliphatic heterocycles. The molecule has 1 aliphatic rings. The first-order chi connectivity index (χ1) is 15.5. The van der Waals surface area contributed by atoms with Gasteiger partial charge in [-0.1, -0.05) is 42.5 Å². The zero-order valence-corrected chi connectivity index (χ0v) is 18.0. The Bertz CT molecular complexity index is 1300. The highest BCUT2D eigenvalue weighted by molar-refractivity contribution is 7.90. The van der Waals surface area contributed by atoms with Crippen LogP contribution in [0, 0.1) is 0 Å². The molecular formula is C23H20N4O4S. The first-order valence-electron chi connectivity index (χ1n) is 9.71. The molecule has 0 bridgehead atoms. The van der Waals surface area contributed by atoms with Crippen molar-refractivity contribution in [1.29, 1.82) is 0 Å². The maximum atomic E-state index is 12.7. The number of nitrogens with one attached hydrogen (secondary N) is 1. The number of benzene rings is 3. The number of hydrogen-bond donors (Lipinski definition) is 1. The molecule has 32 heavy (non-hydrogen) atoms. The number of methoxy groups -OCH3 is 1. The van der Waals surface area contributed by atoms with Crippen LogP contribution in [0.5, 0.6) is 5.75 Å². The number of rotatable bonds is 6. The molecule has 0 saturated carbocycles. The third kappa shape index (κ3) is 4.52. The number of fused-ring (bicyclic) bond motifs is 1. The Balaban J connectivity index is 1.58. The first-order valence-corrected chi connectivity index (χ1v) is 11.1. The minimum atomic E-state index is -3.83. The highest BCUT2D eigenvalue weighted by atomic mass is 32.2. The SMILES string of the molecule is COc1cccc(/C=N\NC(=O)CN(C2=NS(=O)(=O)c3ccccc32)c2ccccc2)c1. The fourth-order valence-electron chi connectivity index (χ4n) is 3.26. The third-order valence-corrected chi connectivity index (χ3v) is 6.06. The summed E-state index contributed by atoms with van der Waals surface area (Å²) in [6, 6.07) is 22.8. The molecule has 162 valence electrons. The molecule has 0 aliphatic carbocycles. The summed E-state index contributed by atoms with van der Waals surface area (Å²) < 4.78 is 34.2. The Morgan fingerprint density at radius 3 is 2.59 bits per heavy atom. The largest absolute Gasteiger partial charge is 0.497 e. The van der Waals surface area contributed by atoms with E-state index < -0.39 is 15.9 Å². The summed E-state index contributed by atoms with van der Waals surface area (Å²) >= 11 is 0. The monoisotopic (exact) mass is 448 g/mol. The zero-order valence-electron chi connectivity index (χ0n) is 17.2. The van der Waals surface area contributed by atoms with E-state index in [9.17, 15) is 13.2 Å². The molecule has 0 radical (unpaired) electrons. The van der Waals surface area contributed by atoms with Crippen LogP contribution in [0.1, 0.15) is 11.1 Å². The predicted molar refractivity (Wildman–Crippen MR) is 123 cm³/mol. The highest BCUT2D eigenvalue weighted by Crippen LogP contribution is 2.29. The molecule has 1 amide bonds. The number of carbonyl (C=O) groups excluding carboxylic acids is 1. The molecule has 0 saturated heterocycles. The van der Waals surface area contributed by atoms with Crippen molar-refractivity contribution < 1.29 is 17.9 Å². The van der Waals surface area contributed by atoms with Crippen LogP contribution in [0.15, 0.2) is 93.3 Å². The van der Waals surface area contributed by atoms with E-state index in [0.717, 1.165) is 5.56 Å². The number of amides is 1. The van der Waals surface area contributed by atoms with Gasteiger partial charge in [0.05, 0.1) is 13.3 Å². The molecule has 0 unspecified atom stereocenters. The first kappa shape index (κ1) is 21.3. The number of sulfonamides is 1. The summed E-state index contributed by atoms with van der Waals surface area (Å²) in [7, 11) is -2.26. The van der Waals surface area contributed by atoms with Crippen LogP contribution in [0.25, 0.3) is 0 Å². The van der Waals surface area contributed by atoms with Crippen molar-refractivity contribution in [3.63, 3.8) is 0 Å². The molecule has 0 spiro atoms. The smallest absolute Gasteiger partial charge is 0.285 e. The van der Waals surface area contributed by atoms with Gasteiger partial charge in [-0.3, -0.25) is 4.79 Å². The molecular weight excluding hydrogens is 428 g/mol. The molecule has 3 aromatic carbocycles. The lowest BCUT2D eigenvalue weighted by atomic mass is 10.1. The van der Waals surface area contributed by atoms with Crippen molar-refractivity contribution in [3.05, 3.63) is 90.0 Å². The second kappa shape index (κ2) is 9.03. The van der Waals surface area contributed by atoms with Gasteiger partial charge in [-0.25, -0.2) is 5.43 Å². The van der Waals surface area contributed by atoms with Crippen molar-refractivity contribution in [2.24, 2.45) is 9.50 Å². The van der Waals surface area contributed by atoms with Crippen molar-refractivity contribution in [3.8, 4) is 5.75 Å². The van der Waals surface area contributed by atoms with E-state index in [-0.39, 0.29) is 17.3 Å². The van der Waals surface area contributed by atoms with Crippen molar-refractivity contribution in [1.82, 2.24) is 5.43 Å². The molecule has 1 heterocycles. The Morgan fingerprint density at radius 2 is 1.81 bits per heavy atom. The van der Waals surface area contributed by atoms with Gasteiger partial charge in [0.2, 0.25) is 0 Å². The summed E-state index contributed by atoms with van der Waals surface area (Å²) in [5, 5.41) is 4.00. The summed E-state index contributed by atoms with van der Waals surface area (Å²) in [6.45, 7) is -0.178. The van der Waals surface area contributed by atoms with E-state index >= 15 is 0 Å². The fraction of sp³-hybridized carbons (Fsp3) is 0.0870. The fourth-order valence-corrected chi connectivity index (χ4v) is 4.47. The number of anilines is 1. The number of hydrazone groups is 1. The molecule has 4 rings (SSSR count). The summed E-state index contributed by atoms with van der Waals surface area (Å²) in [5.74, 6) is 0.436. The Morgan fingerprint density at radius 1 is 1.06 bits per heavy atom. The van der Waals surface area contributed by atoms with Crippen LogP contribution in [0.2, 0.25) is 0 Å². The summed E-state index contributed by atoms with van der Waals surface area (Å²) in [5.41, 5.74) is 4.31. The Labute approximate surface area is 185 Å². The molecule has 1 N–H and O–H groups in total. The normalized spacial score (nSPS) is 14.0. The molecule has 8 nitrogen and oxygen atoms in total. The molecule has 0 fully saturated rings. The lowest BCUT2D eigenvalue weighted by Crippen LogP contribution is -2.39. The van der Waals surface area contributed by atoms with Crippen molar-refractivity contribution in [2.45, 2.75) is 4.90 Å². The minimum absolute atomic E-state index is 0.118. The van der Waals surface area contributed by atoms with Gasteiger partial charge in [0.25, 0.3) is 15.9 Å². The van der Waals surface area contributed by atoms with Crippen molar-refractivity contribution >= 4 is 33.7 Å². The maximum Gasteiger partial charge on any atom is 0.285 e. The van der Waals surface area contributed by atoms with Gasteiger partial charge in [-0.05, 0) is 42.0 Å². The van der Waals surface area contributed by atoms with Crippen LogP contribution < -0.4 is 15.1 Å². The van der Waals surface area contributed by atoms with Crippen LogP contribution >= 0.6 is 0 Å². The maximum absolute atomic E-state index is 12.7. The average Bonchev–Trinajstić information content (AvgIpc) is 3.09. The number of hydrogen-bond acceptors (Lipinski definition) is 6. The second-order valence-corrected chi connectivity index (χ2v) is 8.45. The average molecular weight is 449 g/mol. The number of ether oxygens (including phenoxy) is 1. The molecule has 0 aromatic heterocycles. The number of carbonyl (C=O) groups is 1. The van der Waals surface area contributed by atoms with E-state index in [0.29, 0.717) is 17.0 Å². The van der Waals surface area contributed by atoms with E-state index in [1.54, 1.807) is 60.5 Å². The topological polar surface area (TPSA) is 100 Å². The van der Waals surface area contributed by atoms with Gasteiger partial charge in [0, 0.05) is 11.3 Å². The van der Waals surface area contributed by atoms with Gasteiger partial charge in [0.1, 0.15) is 17.2 Å². The number of nitrogens with zero attached hydrogens (tertiary/aromatic N) is 3. The van der Waals surface area contributed by atoms with Gasteiger partial charge in [-0.2, -0.15) is 13.5 Å².